The summed E-state index contributed by atoms with van der Waals surface area (Å²) in [4.78, 5) is 0. The van der Waals surface area contributed by atoms with Gasteiger partial charge in [-0.05, 0) is 49.2 Å². The lowest BCUT2D eigenvalue weighted by atomic mass is 10.2. The van der Waals surface area contributed by atoms with Gasteiger partial charge in [0.1, 0.15) is 0 Å². The fraction of sp³-hybridized carbons (Fsp3) is 0.333. The molecule has 0 fully saturated rings. The Morgan fingerprint density at radius 3 is 2.68 bits per heavy atom. The summed E-state index contributed by atoms with van der Waals surface area (Å²) in [6.45, 7) is 6.34. The van der Waals surface area contributed by atoms with Gasteiger partial charge in [0.25, 0.3) is 0 Å². The van der Waals surface area contributed by atoms with Gasteiger partial charge in [0.05, 0.1) is 0 Å². The summed E-state index contributed by atoms with van der Waals surface area (Å²) < 4.78 is 7.70. The third-order valence-corrected chi connectivity index (χ3v) is 4.55. The molecule has 132 valence electrons. The molecule has 1 aromatic heterocycles. The second-order valence-electron chi connectivity index (χ2n) is 6.15. The van der Waals surface area contributed by atoms with E-state index in [9.17, 15) is 0 Å². The van der Waals surface area contributed by atoms with E-state index in [-0.39, 0.29) is 0 Å². The minimum atomic E-state index is 0.776. The van der Waals surface area contributed by atoms with Crippen molar-refractivity contribution < 1.29 is 4.74 Å². The Kier molecular flexibility index (Phi) is 6.51. The van der Waals surface area contributed by atoms with E-state index in [0.29, 0.717) is 0 Å². The lowest BCUT2D eigenvalue weighted by molar-refractivity contribution is 0.144. The highest BCUT2D eigenvalue weighted by atomic mass is 35.5. The van der Waals surface area contributed by atoms with Crippen molar-refractivity contribution in [1.82, 2.24) is 9.88 Å². The molecule has 0 bridgehead atoms. The van der Waals surface area contributed by atoms with Crippen molar-refractivity contribution in [2.45, 2.75) is 26.4 Å². The maximum atomic E-state index is 5.99. The number of aromatic nitrogens is 1. The molecular formula is C21H25ClN2O. The summed E-state index contributed by atoms with van der Waals surface area (Å²) >= 11 is 5.99. The second kappa shape index (κ2) is 9.04. The lowest BCUT2D eigenvalue weighted by Crippen LogP contribution is -2.16. The molecule has 0 amide bonds. The van der Waals surface area contributed by atoms with Crippen LogP contribution in [0, 0.1) is 0 Å². The van der Waals surface area contributed by atoms with Crippen LogP contribution in [0.15, 0.2) is 54.7 Å². The molecule has 4 heteroatoms. The fourth-order valence-electron chi connectivity index (χ4n) is 3.05. The molecule has 0 atom stereocenters. The summed E-state index contributed by atoms with van der Waals surface area (Å²) in [5.41, 5.74) is 3.85. The maximum absolute atomic E-state index is 5.99. The number of nitrogens with zero attached hydrogens (tertiary/aromatic N) is 1. The van der Waals surface area contributed by atoms with Crippen LogP contribution in [-0.4, -0.2) is 24.3 Å². The third kappa shape index (κ3) is 4.85. The number of benzene rings is 2. The first-order valence-electron chi connectivity index (χ1n) is 8.87. The van der Waals surface area contributed by atoms with E-state index in [0.717, 1.165) is 44.3 Å². The van der Waals surface area contributed by atoms with Gasteiger partial charge in [0.15, 0.2) is 0 Å². The highest BCUT2D eigenvalue weighted by Gasteiger charge is 2.08. The molecule has 0 spiro atoms. The largest absolute Gasteiger partial charge is 0.382 e. The quantitative estimate of drug-likeness (QED) is 0.554. The van der Waals surface area contributed by atoms with Gasteiger partial charge in [-0.15, -0.1) is 0 Å². The number of nitrogens with one attached hydrogen (secondary N) is 1. The van der Waals surface area contributed by atoms with Gasteiger partial charge in [0.2, 0.25) is 0 Å². The van der Waals surface area contributed by atoms with Crippen LogP contribution in [-0.2, 0) is 17.8 Å². The van der Waals surface area contributed by atoms with Crippen molar-refractivity contribution >= 4 is 22.5 Å². The van der Waals surface area contributed by atoms with Gasteiger partial charge >= 0.3 is 0 Å². The highest BCUT2D eigenvalue weighted by Crippen LogP contribution is 2.22. The van der Waals surface area contributed by atoms with Gasteiger partial charge in [0, 0.05) is 48.4 Å². The monoisotopic (exact) mass is 356 g/mol. The molecule has 0 saturated heterocycles. The first-order chi connectivity index (χ1) is 12.3. The molecule has 0 aliphatic carbocycles. The fourth-order valence-corrected chi connectivity index (χ4v) is 3.17. The van der Waals surface area contributed by atoms with E-state index >= 15 is 0 Å². The third-order valence-electron chi connectivity index (χ3n) is 4.30. The van der Waals surface area contributed by atoms with Crippen LogP contribution in [0.25, 0.3) is 10.9 Å². The number of fused-ring (bicyclic) bond motifs is 1. The highest BCUT2D eigenvalue weighted by molar-refractivity contribution is 6.30. The van der Waals surface area contributed by atoms with Crippen LogP contribution < -0.4 is 5.32 Å². The number of halogens is 1. The molecule has 3 nitrogen and oxygen atoms in total. The number of ether oxygens (including phenoxy) is 1. The molecule has 0 unspecified atom stereocenters. The zero-order valence-corrected chi connectivity index (χ0v) is 15.4. The molecule has 0 aliphatic heterocycles. The zero-order chi connectivity index (χ0) is 17.5. The predicted molar refractivity (Wildman–Crippen MR) is 105 cm³/mol. The first kappa shape index (κ1) is 18.0. The number of rotatable bonds is 9. The van der Waals surface area contributed by atoms with Crippen LogP contribution in [0.5, 0.6) is 0 Å². The van der Waals surface area contributed by atoms with Gasteiger partial charge in [-0.1, -0.05) is 41.9 Å². The average Bonchev–Trinajstić information content (AvgIpc) is 2.98. The van der Waals surface area contributed by atoms with Gasteiger partial charge in [-0.25, -0.2) is 0 Å². The zero-order valence-electron chi connectivity index (χ0n) is 14.7. The Morgan fingerprint density at radius 2 is 1.88 bits per heavy atom. The van der Waals surface area contributed by atoms with Crippen LogP contribution in [0.2, 0.25) is 5.02 Å². The summed E-state index contributed by atoms with van der Waals surface area (Å²) in [5, 5.41) is 5.62. The Bertz CT molecular complexity index is 795. The summed E-state index contributed by atoms with van der Waals surface area (Å²) in [7, 11) is 0. The Balaban J connectivity index is 1.70. The van der Waals surface area contributed by atoms with Gasteiger partial charge < -0.3 is 14.6 Å². The molecule has 0 saturated carbocycles. The minimum absolute atomic E-state index is 0.776. The number of hydrogen-bond donors (Lipinski definition) is 1. The minimum Gasteiger partial charge on any atom is -0.382 e. The van der Waals surface area contributed by atoms with E-state index < -0.39 is 0 Å². The Hall–Kier alpha value is -1.81. The van der Waals surface area contributed by atoms with E-state index in [4.69, 9.17) is 16.3 Å². The molecule has 2 aromatic carbocycles. The number of hydrogen-bond acceptors (Lipinski definition) is 2. The van der Waals surface area contributed by atoms with E-state index in [1.807, 2.05) is 19.1 Å². The van der Waals surface area contributed by atoms with Gasteiger partial charge in [-0.3, -0.25) is 0 Å². The van der Waals surface area contributed by atoms with Crippen LogP contribution >= 0.6 is 11.6 Å². The van der Waals surface area contributed by atoms with E-state index in [1.54, 1.807) is 0 Å². The average molecular weight is 357 g/mol. The van der Waals surface area contributed by atoms with Gasteiger partial charge in [-0.2, -0.15) is 0 Å². The topological polar surface area (TPSA) is 26.2 Å². The van der Waals surface area contributed by atoms with Crippen molar-refractivity contribution in [3.63, 3.8) is 0 Å². The van der Waals surface area contributed by atoms with Crippen LogP contribution in [0.3, 0.4) is 0 Å². The molecule has 0 aliphatic rings. The summed E-state index contributed by atoms with van der Waals surface area (Å²) in [6, 6.07) is 16.7. The molecule has 1 heterocycles. The van der Waals surface area contributed by atoms with Crippen molar-refractivity contribution in [3.8, 4) is 0 Å². The standard InChI is InChI=1S/C21H25ClN2O/c1-2-25-13-5-12-23-14-18-16-24(21-7-4-3-6-20(18)21)15-17-8-10-19(22)11-9-17/h3-4,6-11,16,23H,2,5,12-15H2,1H3. The Labute approximate surface area is 154 Å². The van der Waals surface area contributed by atoms with E-state index in [1.165, 1.54) is 22.0 Å². The number of para-hydroxylation sites is 1. The summed E-state index contributed by atoms with van der Waals surface area (Å²) in [6.07, 6.45) is 3.30. The first-order valence-corrected chi connectivity index (χ1v) is 9.25. The van der Waals surface area contributed by atoms with Crippen molar-refractivity contribution in [2.24, 2.45) is 0 Å². The summed E-state index contributed by atoms with van der Waals surface area (Å²) in [5.74, 6) is 0. The van der Waals surface area contributed by atoms with E-state index in [2.05, 4.69) is 52.5 Å². The predicted octanol–water partition coefficient (Wildman–Crippen LogP) is 4.86. The van der Waals surface area contributed by atoms with Crippen LogP contribution in [0.4, 0.5) is 0 Å². The molecule has 3 aromatic rings. The molecule has 25 heavy (non-hydrogen) atoms. The maximum Gasteiger partial charge on any atom is 0.0486 e. The lowest BCUT2D eigenvalue weighted by Gasteiger charge is -2.05. The van der Waals surface area contributed by atoms with Crippen molar-refractivity contribution in [2.75, 3.05) is 19.8 Å². The normalized spacial score (nSPS) is 11.3. The van der Waals surface area contributed by atoms with Crippen molar-refractivity contribution in [1.29, 1.82) is 0 Å². The smallest absolute Gasteiger partial charge is 0.0486 e. The Morgan fingerprint density at radius 1 is 1.08 bits per heavy atom. The van der Waals surface area contributed by atoms with Crippen molar-refractivity contribution in [3.05, 3.63) is 70.9 Å². The SMILES string of the molecule is CCOCCCNCc1cn(Cc2ccc(Cl)cc2)c2ccccc12. The second-order valence-corrected chi connectivity index (χ2v) is 6.59. The molecule has 3 rings (SSSR count). The molecule has 0 radical (unpaired) electrons. The van der Waals surface area contributed by atoms with Crippen LogP contribution in [0.1, 0.15) is 24.5 Å². The molecular weight excluding hydrogens is 332 g/mol. The molecule has 1 N–H and O–H groups in total.